The van der Waals surface area contributed by atoms with Gasteiger partial charge in [0.1, 0.15) is 11.2 Å². The highest BCUT2D eigenvalue weighted by Crippen LogP contribution is 2.40. The average Bonchev–Trinajstić information content (AvgIpc) is 3.01. The Hall–Kier alpha value is -3.59. The largest absolute Gasteiger partial charge is 0.496 e. The first-order valence-electron chi connectivity index (χ1n) is 14.2. The molecule has 2 amide bonds. The van der Waals surface area contributed by atoms with E-state index in [0.29, 0.717) is 41.4 Å². The third kappa shape index (κ3) is 6.41. The Morgan fingerprint density at radius 3 is 2.19 bits per heavy atom. The van der Waals surface area contributed by atoms with Gasteiger partial charge in [-0.25, -0.2) is 0 Å². The van der Waals surface area contributed by atoms with E-state index in [0.717, 1.165) is 17.7 Å². The maximum Gasteiger partial charge on any atom is 0.255 e. The number of piperidine rings is 1. The standard InChI is InChI=1S/C33H41ClN4O4/c1-22(20-33(32(40)37(2)3,23-12-8-6-9-13-23)24-14-10-7-11-15-24)38-17-16-28(30(21-38)42-5)36-31(39)25-18-27(35)26(34)19-29(25)41-4/h6-15,18-19,22,28,30H,16-17,20-21,35H2,1-5H3,(H,36,39)/t22?,28-,30+/m0/s1. The van der Waals surface area contributed by atoms with Gasteiger partial charge in [-0.3, -0.25) is 14.5 Å². The molecular weight excluding hydrogens is 552 g/mol. The lowest BCUT2D eigenvalue weighted by molar-refractivity contribution is -0.134. The zero-order chi connectivity index (χ0) is 30.4. The number of amides is 2. The molecule has 4 rings (SSSR count). The van der Waals surface area contributed by atoms with E-state index in [1.54, 1.807) is 18.1 Å². The molecule has 0 aromatic heterocycles. The Bertz CT molecular complexity index is 1330. The number of methoxy groups -OCH3 is 2. The van der Waals surface area contributed by atoms with Crippen LogP contribution in [0.2, 0.25) is 5.02 Å². The minimum atomic E-state index is -0.871. The number of likely N-dealkylation sites (tertiary alicyclic amines) is 1. The third-order valence-electron chi connectivity index (χ3n) is 8.30. The molecule has 224 valence electrons. The summed E-state index contributed by atoms with van der Waals surface area (Å²) in [6.45, 7) is 3.48. The molecule has 1 aliphatic rings. The summed E-state index contributed by atoms with van der Waals surface area (Å²) in [5.74, 6) is 0.0938. The maximum atomic E-state index is 14.1. The van der Waals surface area contributed by atoms with Gasteiger partial charge in [0.05, 0.1) is 35.5 Å². The number of nitrogen functional groups attached to an aromatic ring is 1. The Labute approximate surface area is 253 Å². The number of hydrogen-bond donors (Lipinski definition) is 2. The van der Waals surface area contributed by atoms with Gasteiger partial charge in [-0.05, 0) is 37.0 Å². The molecule has 1 aliphatic heterocycles. The van der Waals surface area contributed by atoms with Gasteiger partial charge < -0.3 is 25.4 Å². The zero-order valence-electron chi connectivity index (χ0n) is 25.0. The first kappa shape index (κ1) is 31.3. The number of rotatable bonds is 10. The monoisotopic (exact) mass is 592 g/mol. The highest BCUT2D eigenvalue weighted by molar-refractivity contribution is 6.33. The van der Waals surface area contributed by atoms with Crippen LogP contribution < -0.4 is 15.8 Å². The maximum absolute atomic E-state index is 14.1. The van der Waals surface area contributed by atoms with Gasteiger partial charge in [0, 0.05) is 46.4 Å². The van der Waals surface area contributed by atoms with Crippen molar-refractivity contribution in [2.75, 3.05) is 47.1 Å². The van der Waals surface area contributed by atoms with E-state index in [-0.39, 0.29) is 30.0 Å². The predicted octanol–water partition coefficient (Wildman–Crippen LogP) is 4.60. The number of anilines is 1. The smallest absolute Gasteiger partial charge is 0.255 e. The third-order valence-corrected chi connectivity index (χ3v) is 8.63. The minimum absolute atomic E-state index is 0.0276. The number of nitrogens with zero attached hydrogens (tertiary/aromatic N) is 2. The van der Waals surface area contributed by atoms with Crippen molar-refractivity contribution in [2.45, 2.75) is 43.4 Å². The predicted molar refractivity (Wildman–Crippen MR) is 167 cm³/mol. The molecule has 1 saturated heterocycles. The summed E-state index contributed by atoms with van der Waals surface area (Å²) in [5.41, 5.74) is 7.65. The van der Waals surface area contributed by atoms with Crippen LogP contribution in [0, 0.1) is 0 Å². The van der Waals surface area contributed by atoms with Crippen molar-refractivity contribution in [3.8, 4) is 5.75 Å². The van der Waals surface area contributed by atoms with Crippen LogP contribution in [0.4, 0.5) is 5.69 Å². The van der Waals surface area contributed by atoms with Crippen LogP contribution in [-0.2, 0) is 14.9 Å². The number of carbonyl (C=O) groups is 2. The average molecular weight is 593 g/mol. The summed E-state index contributed by atoms with van der Waals surface area (Å²) in [5, 5.41) is 3.45. The van der Waals surface area contributed by atoms with E-state index in [1.165, 1.54) is 13.2 Å². The molecular formula is C33H41ClN4O4. The van der Waals surface area contributed by atoms with E-state index in [4.69, 9.17) is 26.8 Å². The summed E-state index contributed by atoms with van der Waals surface area (Å²) in [7, 11) is 6.77. The number of hydrogen-bond acceptors (Lipinski definition) is 6. The van der Waals surface area contributed by atoms with E-state index in [1.807, 2.05) is 74.8 Å². The second-order valence-corrected chi connectivity index (χ2v) is 11.5. The normalized spacial score (nSPS) is 18.2. The van der Waals surface area contributed by atoms with Crippen molar-refractivity contribution < 1.29 is 19.1 Å². The van der Waals surface area contributed by atoms with Crippen LogP contribution in [0.15, 0.2) is 72.8 Å². The van der Waals surface area contributed by atoms with Gasteiger partial charge in [-0.1, -0.05) is 72.3 Å². The summed E-state index contributed by atoms with van der Waals surface area (Å²) in [6.07, 6.45) is 0.992. The molecule has 0 radical (unpaired) electrons. The van der Waals surface area contributed by atoms with Crippen LogP contribution in [0.1, 0.15) is 41.3 Å². The molecule has 3 atom stereocenters. The number of ether oxygens (including phenoxy) is 2. The minimum Gasteiger partial charge on any atom is -0.496 e. The molecule has 1 fully saturated rings. The van der Waals surface area contributed by atoms with E-state index in [2.05, 4.69) is 17.1 Å². The number of halogens is 1. The first-order valence-corrected chi connectivity index (χ1v) is 14.5. The molecule has 0 aliphatic carbocycles. The molecule has 0 saturated carbocycles. The Balaban J connectivity index is 1.57. The van der Waals surface area contributed by atoms with Gasteiger partial charge in [-0.2, -0.15) is 0 Å². The first-order chi connectivity index (χ1) is 20.1. The van der Waals surface area contributed by atoms with E-state index in [9.17, 15) is 9.59 Å². The van der Waals surface area contributed by atoms with Crippen molar-refractivity contribution in [1.29, 1.82) is 0 Å². The van der Waals surface area contributed by atoms with E-state index >= 15 is 0 Å². The van der Waals surface area contributed by atoms with Gasteiger partial charge in [0.2, 0.25) is 5.91 Å². The van der Waals surface area contributed by atoms with Crippen LogP contribution in [0.25, 0.3) is 0 Å². The number of benzene rings is 3. The molecule has 0 spiro atoms. The summed E-state index contributed by atoms with van der Waals surface area (Å²) >= 11 is 6.13. The molecule has 8 nitrogen and oxygen atoms in total. The number of likely N-dealkylation sites (N-methyl/N-ethyl adjacent to an activating group) is 1. The fourth-order valence-electron chi connectivity index (χ4n) is 6.04. The summed E-state index contributed by atoms with van der Waals surface area (Å²) in [6, 6.07) is 22.9. The fourth-order valence-corrected chi connectivity index (χ4v) is 6.20. The molecule has 9 heteroatoms. The van der Waals surface area contributed by atoms with Gasteiger partial charge >= 0.3 is 0 Å². The van der Waals surface area contributed by atoms with Gasteiger partial charge in [0.25, 0.3) is 5.91 Å². The number of nitrogens with two attached hydrogens (primary N) is 1. The Morgan fingerprint density at radius 1 is 1.07 bits per heavy atom. The Morgan fingerprint density at radius 2 is 1.67 bits per heavy atom. The zero-order valence-corrected chi connectivity index (χ0v) is 25.7. The highest BCUT2D eigenvalue weighted by atomic mass is 35.5. The Kier molecular flexibility index (Phi) is 10.1. The van der Waals surface area contributed by atoms with Crippen LogP contribution in [0.3, 0.4) is 0 Å². The molecule has 1 heterocycles. The summed E-state index contributed by atoms with van der Waals surface area (Å²) < 4.78 is 11.3. The lowest BCUT2D eigenvalue weighted by atomic mass is 9.69. The van der Waals surface area contributed by atoms with Gasteiger partial charge in [-0.15, -0.1) is 0 Å². The van der Waals surface area contributed by atoms with Crippen LogP contribution >= 0.6 is 11.6 Å². The van der Waals surface area contributed by atoms with Crippen molar-refractivity contribution in [1.82, 2.24) is 15.1 Å². The lowest BCUT2D eigenvalue weighted by Gasteiger charge is -2.44. The molecule has 3 aromatic rings. The van der Waals surface area contributed by atoms with Crippen molar-refractivity contribution in [2.24, 2.45) is 0 Å². The lowest BCUT2D eigenvalue weighted by Crippen LogP contribution is -2.58. The number of nitrogens with one attached hydrogen (secondary N) is 1. The second-order valence-electron chi connectivity index (χ2n) is 11.1. The fraction of sp³-hybridized carbons (Fsp3) is 0.394. The molecule has 0 bridgehead atoms. The van der Waals surface area contributed by atoms with Crippen molar-refractivity contribution in [3.05, 3.63) is 94.5 Å². The SMILES string of the molecule is COc1cc(Cl)c(N)cc1C(=O)N[C@H]1CCN(C(C)CC(C(=O)N(C)C)(c2ccccc2)c2ccccc2)C[C@H]1OC. The molecule has 42 heavy (non-hydrogen) atoms. The molecule has 3 aromatic carbocycles. The van der Waals surface area contributed by atoms with Crippen LogP contribution in [-0.4, -0.2) is 81.2 Å². The van der Waals surface area contributed by atoms with Gasteiger partial charge in [0.15, 0.2) is 0 Å². The van der Waals surface area contributed by atoms with Crippen molar-refractivity contribution in [3.63, 3.8) is 0 Å². The quantitative estimate of drug-likeness (QED) is 0.334. The highest BCUT2D eigenvalue weighted by Gasteiger charge is 2.45. The van der Waals surface area contributed by atoms with E-state index < -0.39 is 5.41 Å². The summed E-state index contributed by atoms with van der Waals surface area (Å²) in [4.78, 5) is 31.4. The van der Waals surface area contributed by atoms with Crippen LogP contribution in [0.5, 0.6) is 5.75 Å². The number of carbonyl (C=O) groups excluding carboxylic acids is 2. The molecule has 1 unspecified atom stereocenters. The molecule has 3 N–H and O–H groups in total. The second kappa shape index (κ2) is 13.6. The van der Waals surface area contributed by atoms with Crippen molar-refractivity contribution >= 4 is 29.1 Å². The topological polar surface area (TPSA) is 97.1 Å².